The summed E-state index contributed by atoms with van der Waals surface area (Å²) in [6.07, 6.45) is 1.45. The number of hydrogen-bond acceptors (Lipinski definition) is 5. The van der Waals surface area contributed by atoms with E-state index in [-0.39, 0.29) is 5.91 Å². The number of rotatable bonds is 6. The minimum Gasteiger partial charge on any atom is -0.497 e. The Kier molecular flexibility index (Phi) is 6.12. The fraction of sp³-hybridized carbons (Fsp3) is 0.115. The zero-order valence-corrected chi connectivity index (χ0v) is 18.1. The smallest absolute Gasteiger partial charge is 0.255 e. The molecule has 6 heteroatoms. The number of nitrogens with one attached hydrogen (secondary N) is 1. The maximum atomic E-state index is 12.6. The van der Waals surface area contributed by atoms with Crippen molar-refractivity contribution in [2.45, 2.75) is 13.8 Å². The SMILES string of the molecule is COc1cccc(Oc2cc(-c3ccc(C(=O)Nc4ccc(C)c(C)c4)cc3)ncn2)c1. The molecule has 1 aromatic heterocycles. The van der Waals surface area contributed by atoms with Crippen LogP contribution in [0.25, 0.3) is 11.3 Å². The highest BCUT2D eigenvalue weighted by molar-refractivity contribution is 6.04. The molecular weight excluding hydrogens is 402 g/mol. The molecule has 4 rings (SSSR count). The highest BCUT2D eigenvalue weighted by atomic mass is 16.5. The number of benzene rings is 3. The van der Waals surface area contributed by atoms with Crippen molar-refractivity contribution in [1.29, 1.82) is 0 Å². The molecule has 0 fully saturated rings. The maximum Gasteiger partial charge on any atom is 0.255 e. The summed E-state index contributed by atoms with van der Waals surface area (Å²) in [5.74, 6) is 1.57. The molecule has 160 valence electrons. The molecule has 0 radical (unpaired) electrons. The number of aryl methyl sites for hydroxylation is 2. The number of anilines is 1. The average Bonchev–Trinajstić information content (AvgIpc) is 2.82. The molecular formula is C26H23N3O3. The third kappa shape index (κ3) is 4.92. The van der Waals surface area contributed by atoms with Gasteiger partial charge in [0.1, 0.15) is 17.8 Å². The molecule has 0 aliphatic carbocycles. The lowest BCUT2D eigenvalue weighted by Crippen LogP contribution is -2.11. The molecule has 4 aromatic rings. The van der Waals surface area contributed by atoms with Crippen molar-refractivity contribution in [1.82, 2.24) is 9.97 Å². The van der Waals surface area contributed by atoms with Crippen molar-refractivity contribution in [2.24, 2.45) is 0 Å². The van der Waals surface area contributed by atoms with E-state index in [1.807, 2.05) is 62.4 Å². The molecule has 0 saturated carbocycles. The molecule has 1 amide bonds. The molecule has 32 heavy (non-hydrogen) atoms. The van der Waals surface area contributed by atoms with Crippen LogP contribution < -0.4 is 14.8 Å². The molecule has 0 atom stereocenters. The molecule has 1 heterocycles. The number of nitrogens with zero attached hydrogens (tertiary/aromatic N) is 2. The second-order valence-corrected chi connectivity index (χ2v) is 7.35. The lowest BCUT2D eigenvalue weighted by atomic mass is 10.1. The van der Waals surface area contributed by atoms with Gasteiger partial charge in [-0.05, 0) is 61.4 Å². The van der Waals surface area contributed by atoms with E-state index in [1.165, 1.54) is 11.9 Å². The summed E-state index contributed by atoms with van der Waals surface area (Å²) < 4.78 is 11.1. The van der Waals surface area contributed by atoms with E-state index in [0.717, 1.165) is 16.8 Å². The number of carbonyl (C=O) groups is 1. The Labute approximate surface area is 186 Å². The lowest BCUT2D eigenvalue weighted by Gasteiger charge is -2.09. The van der Waals surface area contributed by atoms with E-state index >= 15 is 0 Å². The van der Waals surface area contributed by atoms with E-state index < -0.39 is 0 Å². The highest BCUT2D eigenvalue weighted by Gasteiger charge is 2.09. The summed E-state index contributed by atoms with van der Waals surface area (Å²) >= 11 is 0. The van der Waals surface area contributed by atoms with Crippen LogP contribution in [-0.4, -0.2) is 23.0 Å². The van der Waals surface area contributed by atoms with Crippen LogP contribution in [0.4, 0.5) is 5.69 Å². The fourth-order valence-corrected chi connectivity index (χ4v) is 3.15. The van der Waals surface area contributed by atoms with Crippen molar-refractivity contribution < 1.29 is 14.3 Å². The number of hydrogen-bond donors (Lipinski definition) is 1. The zero-order valence-electron chi connectivity index (χ0n) is 18.1. The van der Waals surface area contributed by atoms with Gasteiger partial charge in [0.15, 0.2) is 0 Å². The number of ether oxygens (including phenoxy) is 2. The monoisotopic (exact) mass is 425 g/mol. The van der Waals surface area contributed by atoms with Gasteiger partial charge in [0.05, 0.1) is 12.8 Å². The summed E-state index contributed by atoms with van der Waals surface area (Å²) in [5.41, 5.74) is 5.21. The van der Waals surface area contributed by atoms with Crippen LogP contribution >= 0.6 is 0 Å². The van der Waals surface area contributed by atoms with Gasteiger partial charge in [0.2, 0.25) is 5.88 Å². The highest BCUT2D eigenvalue weighted by Crippen LogP contribution is 2.26. The van der Waals surface area contributed by atoms with Gasteiger partial charge >= 0.3 is 0 Å². The van der Waals surface area contributed by atoms with Gasteiger partial charge in [-0.1, -0.05) is 24.3 Å². The van der Waals surface area contributed by atoms with Crippen molar-refractivity contribution in [3.05, 3.63) is 95.8 Å². The quantitative estimate of drug-likeness (QED) is 0.422. The minimum absolute atomic E-state index is 0.162. The number of carbonyl (C=O) groups excluding carboxylic acids is 1. The van der Waals surface area contributed by atoms with E-state index in [0.29, 0.717) is 28.6 Å². The van der Waals surface area contributed by atoms with Gasteiger partial charge in [-0.25, -0.2) is 9.97 Å². The predicted molar refractivity (Wildman–Crippen MR) is 124 cm³/mol. The van der Waals surface area contributed by atoms with Gasteiger partial charge in [-0.3, -0.25) is 4.79 Å². The number of methoxy groups -OCH3 is 1. The summed E-state index contributed by atoms with van der Waals surface area (Å²) in [6.45, 7) is 4.06. The molecule has 0 unspecified atom stereocenters. The Morgan fingerprint density at radius 1 is 0.844 bits per heavy atom. The van der Waals surface area contributed by atoms with Gasteiger partial charge in [0.25, 0.3) is 5.91 Å². The maximum absolute atomic E-state index is 12.6. The van der Waals surface area contributed by atoms with Crippen LogP contribution in [0.3, 0.4) is 0 Å². The molecule has 0 bridgehead atoms. The van der Waals surface area contributed by atoms with Crippen LogP contribution in [-0.2, 0) is 0 Å². The second-order valence-electron chi connectivity index (χ2n) is 7.35. The molecule has 6 nitrogen and oxygen atoms in total. The first kappa shape index (κ1) is 21.1. The second kappa shape index (κ2) is 9.31. The zero-order chi connectivity index (χ0) is 22.5. The predicted octanol–water partition coefficient (Wildman–Crippen LogP) is 5.81. The van der Waals surface area contributed by atoms with Crippen LogP contribution in [0, 0.1) is 13.8 Å². The molecule has 0 spiro atoms. The first-order valence-corrected chi connectivity index (χ1v) is 10.1. The van der Waals surface area contributed by atoms with Gasteiger partial charge in [0, 0.05) is 28.9 Å². The van der Waals surface area contributed by atoms with E-state index in [9.17, 15) is 4.79 Å². The topological polar surface area (TPSA) is 73.3 Å². The average molecular weight is 425 g/mol. The van der Waals surface area contributed by atoms with Crippen LogP contribution in [0.1, 0.15) is 21.5 Å². The first-order chi connectivity index (χ1) is 15.5. The fourth-order valence-electron chi connectivity index (χ4n) is 3.15. The van der Waals surface area contributed by atoms with Gasteiger partial charge in [-0.15, -0.1) is 0 Å². The summed E-state index contributed by atoms with van der Waals surface area (Å²) in [4.78, 5) is 21.1. The Hall–Kier alpha value is -4.19. The third-order valence-electron chi connectivity index (χ3n) is 5.11. The van der Waals surface area contributed by atoms with Gasteiger partial charge in [-0.2, -0.15) is 0 Å². The molecule has 0 saturated heterocycles. The molecule has 3 aromatic carbocycles. The lowest BCUT2D eigenvalue weighted by molar-refractivity contribution is 0.102. The van der Waals surface area contributed by atoms with Crippen molar-refractivity contribution in [3.8, 4) is 28.6 Å². The first-order valence-electron chi connectivity index (χ1n) is 10.1. The normalized spacial score (nSPS) is 10.5. The van der Waals surface area contributed by atoms with Crippen LogP contribution in [0.15, 0.2) is 79.1 Å². The van der Waals surface area contributed by atoms with Gasteiger partial charge < -0.3 is 14.8 Å². The summed E-state index contributed by atoms with van der Waals surface area (Å²) in [6, 6.07) is 22.2. The number of aromatic nitrogens is 2. The largest absolute Gasteiger partial charge is 0.497 e. The van der Waals surface area contributed by atoms with Crippen LogP contribution in [0.5, 0.6) is 17.4 Å². The van der Waals surface area contributed by atoms with Crippen LogP contribution in [0.2, 0.25) is 0 Å². The van der Waals surface area contributed by atoms with Crippen molar-refractivity contribution in [2.75, 3.05) is 12.4 Å². The van der Waals surface area contributed by atoms with E-state index in [4.69, 9.17) is 9.47 Å². The molecule has 1 N–H and O–H groups in total. The standard InChI is InChI=1S/C26H23N3O3/c1-17-7-12-21(13-18(17)2)29-26(30)20-10-8-19(9-11-20)24-15-25(28-16-27-24)32-23-6-4-5-22(14-23)31-3/h4-16H,1-3H3,(H,29,30). The molecule has 0 aliphatic heterocycles. The Balaban J connectivity index is 1.48. The summed E-state index contributed by atoms with van der Waals surface area (Å²) in [7, 11) is 1.60. The van der Waals surface area contributed by atoms with E-state index in [1.54, 1.807) is 31.4 Å². The molecule has 0 aliphatic rings. The Bertz CT molecular complexity index is 1250. The Morgan fingerprint density at radius 2 is 1.62 bits per heavy atom. The van der Waals surface area contributed by atoms with Crippen molar-refractivity contribution >= 4 is 11.6 Å². The van der Waals surface area contributed by atoms with E-state index in [2.05, 4.69) is 15.3 Å². The van der Waals surface area contributed by atoms with Crippen molar-refractivity contribution in [3.63, 3.8) is 0 Å². The Morgan fingerprint density at radius 3 is 2.38 bits per heavy atom. The minimum atomic E-state index is -0.162. The summed E-state index contributed by atoms with van der Waals surface area (Å²) in [5, 5.41) is 2.94. The third-order valence-corrected chi connectivity index (χ3v) is 5.11. The number of amides is 1.